The van der Waals surface area contributed by atoms with Crippen LogP contribution in [0.5, 0.6) is 0 Å². The quantitative estimate of drug-likeness (QED) is 0.744. The van der Waals surface area contributed by atoms with Gasteiger partial charge in [0.25, 0.3) is 5.91 Å². The van der Waals surface area contributed by atoms with Gasteiger partial charge in [-0.15, -0.1) is 0 Å². The van der Waals surface area contributed by atoms with Crippen molar-refractivity contribution in [3.63, 3.8) is 0 Å². The van der Waals surface area contributed by atoms with E-state index in [-0.39, 0.29) is 11.4 Å². The molecule has 0 spiro atoms. The highest BCUT2D eigenvalue weighted by Gasteiger charge is 2.23. The lowest BCUT2D eigenvalue weighted by Crippen LogP contribution is -2.45. The molecule has 0 unspecified atom stereocenters. The predicted octanol–water partition coefficient (Wildman–Crippen LogP) is 4.23. The third-order valence-corrected chi connectivity index (χ3v) is 4.04. The number of carbonyl (C=O) groups excluding carboxylic acids is 1. The molecule has 0 fully saturated rings. The first kappa shape index (κ1) is 15.3. The van der Waals surface area contributed by atoms with Gasteiger partial charge in [0.2, 0.25) is 0 Å². The number of aromatic amines is 1. The highest BCUT2D eigenvalue weighted by atomic mass is 16.1. The molecule has 3 heteroatoms. The minimum atomic E-state index is -0.328. The maximum absolute atomic E-state index is 12.5. The summed E-state index contributed by atoms with van der Waals surface area (Å²) in [6, 6.07) is 15.9. The maximum Gasteiger partial charge on any atom is 0.251 e. The highest BCUT2D eigenvalue weighted by molar-refractivity contribution is 5.95. The summed E-state index contributed by atoms with van der Waals surface area (Å²) in [5, 5.41) is 4.36. The Hall–Kier alpha value is -2.55. The lowest BCUT2D eigenvalue weighted by Gasteiger charge is -2.26. The fraction of sp³-hybridized carbons (Fsp3) is 0.250. The number of benzene rings is 2. The Morgan fingerprint density at radius 1 is 1.13 bits per heavy atom. The monoisotopic (exact) mass is 306 g/mol. The number of amides is 1. The standard InChI is InChI=1S/C20H22N2O/c1-14-7-6-8-15(11-14)19(23)22-20(2,3)12-16-13-21-18-10-5-4-9-17(16)18/h4-11,13,21H,12H2,1-3H3,(H,22,23). The number of H-pyrrole nitrogens is 1. The van der Waals surface area contributed by atoms with E-state index in [4.69, 9.17) is 0 Å². The molecule has 0 atom stereocenters. The van der Waals surface area contributed by atoms with Gasteiger partial charge in [-0.25, -0.2) is 0 Å². The van der Waals surface area contributed by atoms with Crippen LogP contribution in [0.15, 0.2) is 54.7 Å². The molecule has 118 valence electrons. The van der Waals surface area contributed by atoms with E-state index in [2.05, 4.69) is 36.3 Å². The zero-order valence-electron chi connectivity index (χ0n) is 13.8. The van der Waals surface area contributed by atoms with Gasteiger partial charge in [-0.2, -0.15) is 0 Å². The largest absolute Gasteiger partial charge is 0.361 e. The second-order valence-electron chi connectivity index (χ2n) is 6.74. The van der Waals surface area contributed by atoms with Gasteiger partial charge in [-0.3, -0.25) is 4.79 Å². The summed E-state index contributed by atoms with van der Waals surface area (Å²) in [6.45, 7) is 6.11. The average Bonchev–Trinajstić information content (AvgIpc) is 2.89. The van der Waals surface area contributed by atoms with Crippen molar-refractivity contribution in [1.29, 1.82) is 0 Å². The summed E-state index contributed by atoms with van der Waals surface area (Å²) >= 11 is 0. The first-order chi connectivity index (χ1) is 10.9. The van der Waals surface area contributed by atoms with Crippen LogP contribution in [0, 0.1) is 6.92 Å². The normalized spacial score (nSPS) is 11.6. The van der Waals surface area contributed by atoms with Crippen molar-refractivity contribution in [2.24, 2.45) is 0 Å². The van der Waals surface area contributed by atoms with Crippen molar-refractivity contribution < 1.29 is 4.79 Å². The van der Waals surface area contributed by atoms with E-state index in [1.807, 2.05) is 49.5 Å². The molecule has 1 aromatic heterocycles. The minimum Gasteiger partial charge on any atom is -0.361 e. The summed E-state index contributed by atoms with van der Waals surface area (Å²) in [4.78, 5) is 15.8. The van der Waals surface area contributed by atoms with E-state index < -0.39 is 0 Å². The van der Waals surface area contributed by atoms with Gasteiger partial charge in [0.05, 0.1) is 0 Å². The van der Waals surface area contributed by atoms with Crippen LogP contribution >= 0.6 is 0 Å². The first-order valence-corrected chi connectivity index (χ1v) is 7.89. The molecule has 0 saturated carbocycles. The first-order valence-electron chi connectivity index (χ1n) is 7.89. The van der Waals surface area contributed by atoms with E-state index in [1.165, 1.54) is 10.9 Å². The zero-order chi connectivity index (χ0) is 16.4. The smallest absolute Gasteiger partial charge is 0.251 e. The second-order valence-corrected chi connectivity index (χ2v) is 6.74. The molecule has 0 saturated heterocycles. The molecular weight excluding hydrogens is 284 g/mol. The van der Waals surface area contributed by atoms with E-state index >= 15 is 0 Å². The molecule has 0 aliphatic carbocycles. The van der Waals surface area contributed by atoms with E-state index in [0.717, 1.165) is 17.5 Å². The minimum absolute atomic E-state index is 0.0291. The Labute approximate surface area is 136 Å². The van der Waals surface area contributed by atoms with Gasteiger partial charge in [0, 0.05) is 28.2 Å². The van der Waals surface area contributed by atoms with Gasteiger partial charge in [-0.05, 0) is 51.0 Å². The summed E-state index contributed by atoms with van der Waals surface area (Å²) in [5.41, 5.74) is 3.81. The fourth-order valence-corrected chi connectivity index (χ4v) is 2.96. The third-order valence-electron chi connectivity index (χ3n) is 4.04. The molecule has 0 bridgehead atoms. The Balaban J connectivity index is 1.77. The predicted molar refractivity (Wildman–Crippen MR) is 94.7 cm³/mol. The number of fused-ring (bicyclic) bond motifs is 1. The van der Waals surface area contributed by atoms with Gasteiger partial charge >= 0.3 is 0 Å². The number of aryl methyl sites for hydroxylation is 1. The molecule has 3 rings (SSSR count). The number of hydrogen-bond donors (Lipinski definition) is 2. The van der Waals surface area contributed by atoms with Crippen molar-refractivity contribution in [3.8, 4) is 0 Å². The molecular formula is C20H22N2O. The summed E-state index contributed by atoms with van der Waals surface area (Å²) in [6.07, 6.45) is 2.81. The summed E-state index contributed by atoms with van der Waals surface area (Å²) in [5.74, 6) is -0.0291. The Morgan fingerprint density at radius 3 is 2.70 bits per heavy atom. The van der Waals surface area contributed by atoms with Gasteiger partial charge in [0.1, 0.15) is 0 Å². The van der Waals surface area contributed by atoms with Crippen molar-refractivity contribution in [1.82, 2.24) is 10.3 Å². The second kappa shape index (κ2) is 5.92. The lowest BCUT2D eigenvalue weighted by molar-refractivity contribution is 0.0913. The number of carbonyl (C=O) groups is 1. The zero-order valence-corrected chi connectivity index (χ0v) is 13.8. The van der Waals surface area contributed by atoms with E-state index in [9.17, 15) is 4.79 Å². The summed E-state index contributed by atoms with van der Waals surface area (Å²) in [7, 11) is 0. The topological polar surface area (TPSA) is 44.9 Å². The van der Waals surface area contributed by atoms with Gasteiger partial charge in [0.15, 0.2) is 0 Å². The van der Waals surface area contributed by atoms with Crippen LogP contribution in [0.25, 0.3) is 10.9 Å². The Bertz CT molecular complexity index is 845. The maximum atomic E-state index is 12.5. The Kier molecular flexibility index (Phi) is 3.95. The number of aromatic nitrogens is 1. The number of nitrogens with one attached hydrogen (secondary N) is 2. The SMILES string of the molecule is Cc1cccc(C(=O)NC(C)(C)Cc2c[nH]c3ccccc23)c1. The molecule has 3 aromatic rings. The van der Waals surface area contributed by atoms with Crippen LogP contribution in [0.3, 0.4) is 0 Å². The van der Waals surface area contributed by atoms with Crippen molar-refractivity contribution in [2.75, 3.05) is 0 Å². The van der Waals surface area contributed by atoms with E-state index in [0.29, 0.717) is 5.56 Å². The van der Waals surface area contributed by atoms with Crippen LogP contribution in [-0.2, 0) is 6.42 Å². The van der Waals surface area contributed by atoms with Gasteiger partial charge < -0.3 is 10.3 Å². The van der Waals surface area contributed by atoms with Crippen LogP contribution < -0.4 is 5.32 Å². The number of rotatable bonds is 4. The number of para-hydroxylation sites is 1. The van der Waals surface area contributed by atoms with Crippen LogP contribution in [0.1, 0.15) is 35.3 Å². The van der Waals surface area contributed by atoms with Crippen LogP contribution in [-0.4, -0.2) is 16.4 Å². The number of hydrogen-bond acceptors (Lipinski definition) is 1. The molecule has 2 aromatic carbocycles. The Morgan fingerprint density at radius 2 is 1.91 bits per heavy atom. The van der Waals surface area contributed by atoms with Gasteiger partial charge in [-0.1, -0.05) is 35.9 Å². The molecule has 23 heavy (non-hydrogen) atoms. The molecule has 1 amide bonds. The molecule has 0 radical (unpaired) electrons. The van der Waals surface area contributed by atoms with E-state index in [1.54, 1.807) is 0 Å². The molecule has 0 aliphatic heterocycles. The van der Waals surface area contributed by atoms with Crippen molar-refractivity contribution >= 4 is 16.8 Å². The average molecular weight is 306 g/mol. The fourth-order valence-electron chi connectivity index (χ4n) is 2.96. The van der Waals surface area contributed by atoms with Crippen molar-refractivity contribution in [2.45, 2.75) is 32.7 Å². The summed E-state index contributed by atoms with van der Waals surface area (Å²) < 4.78 is 0. The molecule has 2 N–H and O–H groups in total. The molecule has 0 aliphatic rings. The third kappa shape index (κ3) is 3.45. The molecule has 3 nitrogen and oxygen atoms in total. The molecule has 1 heterocycles. The highest BCUT2D eigenvalue weighted by Crippen LogP contribution is 2.22. The lowest BCUT2D eigenvalue weighted by atomic mass is 9.94. The van der Waals surface area contributed by atoms with Crippen molar-refractivity contribution in [3.05, 3.63) is 71.4 Å². The van der Waals surface area contributed by atoms with Crippen LogP contribution in [0.2, 0.25) is 0 Å². The van der Waals surface area contributed by atoms with Crippen LogP contribution in [0.4, 0.5) is 0 Å².